The topological polar surface area (TPSA) is 57.6 Å². The van der Waals surface area contributed by atoms with E-state index >= 15 is 0 Å². The lowest BCUT2D eigenvalue weighted by Gasteiger charge is -2.24. The highest BCUT2D eigenvalue weighted by Gasteiger charge is 2.36. The van der Waals surface area contributed by atoms with Gasteiger partial charge in [0.1, 0.15) is 11.9 Å². The maximum absolute atomic E-state index is 13.1. The van der Waals surface area contributed by atoms with E-state index < -0.39 is 17.8 Å². The van der Waals surface area contributed by atoms with Gasteiger partial charge in [0.05, 0.1) is 0 Å². The second-order valence-corrected chi connectivity index (χ2v) is 4.93. The first kappa shape index (κ1) is 14.2. The molecule has 1 unspecified atom stereocenters. The Morgan fingerprint density at radius 1 is 1.60 bits per heavy atom. The molecule has 4 nitrogen and oxygen atoms in total. The summed E-state index contributed by atoms with van der Waals surface area (Å²) in [6, 6.07) is 4.82. The van der Waals surface area contributed by atoms with Crippen LogP contribution in [0.3, 0.4) is 0 Å². The maximum atomic E-state index is 13.1. The van der Waals surface area contributed by atoms with Crippen LogP contribution in [0.25, 0.3) is 0 Å². The highest BCUT2D eigenvalue weighted by molar-refractivity contribution is 5.85. The van der Waals surface area contributed by atoms with Crippen LogP contribution in [0.5, 0.6) is 0 Å². The number of hydrogen-bond acceptors (Lipinski definition) is 2. The fourth-order valence-electron chi connectivity index (χ4n) is 2.44. The quantitative estimate of drug-likeness (QED) is 0.836. The fraction of sp³-hybridized carbons (Fsp3) is 0.333. The zero-order valence-electron chi connectivity index (χ0n) is 11.0. The van der Waals surface area contributed by atoms with Crippen molar-refractivity contribution in [2.45, 2.75) is 18.9 Å². The molecule has 1 aliphatic rings. The number of carbonyl (C=O) groups excluding carboxylic acids is 1. The van der Waals surface area contributed by atoms with Gasteiger partial charge < -0.3 is 10.0 Å². The van der Waals surface area contributed by atoms with Gasteiger partial charge in [-0.2, -0.15) is 0 Å². The summed E-state index contributed by atoms with van der Waals surface area (Å²) in [6.07, 6.45) is 2.05. The molecule has 106 valence electrons. The van der Waals surface area contributed by atoms with Crippen molar-refractivity contribution in [3.63, 3.8) is 0 Å². The Kier molecular flexibility index (Phi) is 4.17. The number of amides is 1. The second kappa shape index (κ2) is 5.86. The lowest BCUT2D eigenvalue weighted by atomic mass is 10.0. The first-order valence-corrected chi connectivity index (χ1v) is 6.40. The molecule has 0 aromatic heterocycles. The monoisotopic (exact) mass is 277 g/mol. The molecule has 5 heteroatoms. The Hall–Kier alpha value is -2.17. The molecule has 1 aromatic carbocycles. The number of nitrogens with zero attached hydrogens (tertiary/aromatic N) is 1. The van der Waals surface area contributed by atoms with E-state index in [1.165, 1.54) is 23.1 Å². The summed E-state index contributed by atoms with van der Waals surface area (Å²) in [5, 5.41) is 9.33. The first-order chi connectivity index (χ1) is 9.51. The summed E-state index contributed by atoms with van der Waals surface area (Å²) in [4.78, 5) is 24.6. The van der Waals surface area contributed by atoms with Crippen molar-refractivity contribution in [2.24, 2.45) is 5.92 Å². The Bertz CT molecular complexity index is 544. The first-order valence-electron chi connectivity index (χ1n) is 6.40. The third kappa shape index (κ3) is 3.04. The summed E-state index contributed by atoms with van der Waals surface area (Å²) in [7, 11) is 0. The summed E-state index contributed by atoms with van der Waals surface area (Å²) >= 11 is 0. The molecule has 20 heavy (non-hydrogen) atoms. The van der Waals surface area contributed by atoms with Crippen LogP contribution in [0.1, 0.15) is 12.0 Å². The Balaban J connectivity index is 2.18. The van der Waals surface area contributed by atoms with E-state index in [9.17, 15) is 19.1 Å². The number of carbonyl (C=O) groups is 2. The van der Waals surface area contributed by atoms with E-state index in [0.29, 0.717) is 12.1 Å². The van der Waals surface area contributed by atoms with Crippen LogP contribution in [-0.4, -0.2) is 34.5 Å². The molecule has 2 atom stereocenters. The Labute approximate surface area is 116 Å². The number of rotatable bonds is 5. The molecule has 1 aromatic rings. The van der Waals surface area contributed by atoms with Crippen molar-refractivity contribution in [1.82, 2.24) is 4.90 Å². The maximum Gasteiger partial charge on any atom is 0.326 e. The van der Waals surface area contributed by atoms with Crippen LogP contribution in [-0.2, 0) is 16.0 Å². The average Bonchev–Trinajstić information content (AvgIpc) is 2.77. The number of carboxylic acids is 1. The van der Waals surface area contributed by atoms with Crippen molar-refractivity contribution >= 4 is 11.9 Å². The number of carboxylic acid groups (broad SMARTS) is 1. The SMILES string of the molecule is C=CC1CC(=O)N([C@@H](Cc2cccc(F)c2)C(=O)O)C1. The van der Waals surface area contributed by atoms with Gasteiger partial charge in [0.15, 0.2) is 0 Å². The molecule has 0 spiro atoms. The minimum Gasteiger partial charge on any atom is -0.480 e. The summed E-state index contributed by atoms with van der Waals surface area (Å²) in [6.45, 7) is 3.99. The predicted octanol–water partition coefficient (Wildman–Crippen LogP) is 1.86. The predicted molar refractivity (Wildman–Crippen MR) is 71.5 cm³/mol. The molecule has 0 aliphatic carbocycles. The lowest BCUT2D eigenvalue weighted by Crippen LogP contribution is -2.43. The van der Waals surface area contributed by atoms with Crippen LogP contribution >= 0.6 is 0 Å². The van der Waals surface area contributed by atoms with E-state index in [1.54, 1.807) is 12.1 Å². The van der Waals surface area contributed by atoms with Gasteiger partial charge in [0.25, 0.3) is 0 Å². The van der Waals surface area contributed by atoms with Crippen LogP contribution < -0.4 is 0 Å². The molecule has 1 heterocycles. The molecule has 0 saturated carbocycles. The molecule has 0 radical (unpaired) electrons. The molecule has 1 fully saturated rings. The number of hydrogen-bond donors (Lipinski definition) is 1. The highest BCUT2D eigenvalue weighted by Crippen LogP contribution is 2.23. The molecular formula is C15H16FNO3. The fourth-order valence-corrected chi connectivity index (χ4v) is 2.44. The van der Waals surface area contributed by atoms with Crippen LogP contribution in [0, 0.1) is 11.7 Å². The average molecular weight is 277 g/mol. The van der Waals surface area contributed by atoms with Crippen molar-refractivity contribution in [1.29, 1.82) is 0 Å². The number of likely N-dealkylation sites (tertiary alicyclic amines) is 1. The largest absolute Gasteiger partial charge is 0.480 e. The molecule has 2 rings (SSSR count). The number of halogens is 1. The number of aliphatic carboxylic acids is 1. The zero-order chi connectivity index (χ0) is 14.7. The number of benzene rings is 1. The van der Waals surface area contributed by atoms with E-state index in [1.807, 2.05) is 0 Å². The third-order valence-corrected chi connectivity index (χ3v) is 3.50. The summed E-state index contributed by atoms with van der Waals surface area (Å²) < 4.78 is 13.1. The normalized spacial score (nSPS) is 19.9. The minimum absolute atomic E-state index is 0.0168. The van der Waals surface area contributed by atoms with E-state index in [2.05, 4.69) is 6.58 Å². The Morgan fingerprint density at radius 3 is 2.90 bits per heavy atom. The lowest BCUT2D eigenvalue weighted by molar-refractivity contribution is -0.148. The third-order valence-electron chi connectivity index (χ3n) is 3.50. The minimum atomic E-state index is -1.08. The summed E-state index contributed by atoms with van der Waals surface area (Å²) in [5.74, 6) is -1.70. The zero-order valence-corrected chi connectivity index (χ0v) is 11.0. The van der Waals surface area contributed by atoms with Gasteiger partial charge in [-0.05, 0) is 17.7 Å². The van der Waals surface area contributed by atoms with Crippen LogP contribution in [0.15, 0.2) is 36.9 Å². The highest BCUT2D eigenvalue weighted by atomic mass is 19.1. The Morgan fingerprint density at radius 2 is 2.35 bits per heavy atom. The summed E-state index contributed by atoms with van der Waals surface area (Å²) in [5.41, 5.74) is 0.562. The smallest absolute Gasteiger partial charge is 0.326 e. The van der Waals surface area contributed by atoms with Gasteiger partial charge in [-0.15, -0.1) is 6.58 Å². The molecular weight excluding hydrogens is 261 g/mol. The molecule has 1 amide bonds. The molecule has 1 saturated heterocycles. The van der Waals surface area contributed by atoms with Gasteiger partial charge in [-0.3, -0.25) is 4.79 Å². The van der Waals surface area contributed by atoms with Gasteiger partial charge in [-0.1, -0.05) is 18.2 Å². The van der Waals surface area contributed by atoms with Gasteiger partial charge in [-0.25, -0.2) is 9.18 Å². The standard InChI is InChI=1S/C15H16FNO3/c1-2-10-8-14(18)17(9-10)13(15(19)20)7-11-4-3-5-12(16)6-11/h2-6,10,13H,1,7-9H2,(H,19,20)/t10?,13-/m0/s1. The van der Waals surface area contributed by atoms with Crippen molar-refractivity contribution in [3.8, 4) is 0 Å². The van der Waals surface area contributed by atoms with Crippen molar-refractivity contribution < 1.29 is 19.1 Å². The van der Waals surface area contributed by atoms with Crippen molar-refractivity contribution in [3.05, 3.63) is 48.3 Å². The van der Waals surface area contributed by atoms with Gasteiger partial charge in [0.2, 0.25) is 5.91 Å². The molecule has 1 N–H and O–H groups in total. The van der Waals surface area contributed by atoms with E-state index in [0.717, 1.165) is 0 Å². The van der Waals surface area contributed by atoms with Gasteiger partial charge >= 0.3 is 5.97 Å². The van der Waals surface area contributed by atoms with Crippen molar-refractivity contribution in [2.75, 3.05) is 6.54 Å². The second-order valence-electron chi connectivity index (χ2n) is 4.93. The van der Waals surface area contributed by atoms with Crippen LogP contribution in [0.4, 0.5) is 4.39 Å². The molecule has 1 aliphatic heterocycles. The van der Waals surface area contributed by atoms with E-state index in [4.69, 9.17) is 0 Å². The van der Waals surface area contributed by atoms with Crippen LogP contribution in [0.2, 0.25) is 0 Å². The van der Waals surface area contributed by atoms with E-state index in [-0.39, 0.29) is 24.7 Å². The molecule has 0 bridgehead atoms. The van der Waals surface area contributed by atoms with Gasteiger partial charge in [0, 0.05) is 25.3 Å².